The monoisotopic (exact) mass is 328 g/mol. The summed E-state index contributed by atoms with van der Waals surface area (Å²) in [6.07, 6.45) is 6.43. The minimum absolute atomic E-state index is 0.0168. The molecule has 126 valence electrons. The number of nitrogens with zero attached hydrogens (tertiary/aromatic N) is 4. The molecule has 6 heteroatoms. The molecular weight excluding hydrogens is 307 g/mol. The molecule has 1 unspecified atom stereocenters. The Labute approximate surface area is 141 Å². The number of hydrogen-bond acceptors (Lipinski definition) is 4. The summed E-state index contributed by atoms with van der Waals surface area (Å²) in [6, 6.07) is 6.51. The second-order valence-electron chi connectivity index (χ2n) is 6.31. The summed E-state index contributed by atoms with van der Waals surface area (Å²) >= 11 is 0. The number of aromatic nitrogens is 2. The number of carbonyl (C=O) groups excluding carboxylic acids is 1. The Morgan fingerprint density at radius 1 is 1.38 bits per heavy atom. The number of rotatable bonds is 4. The first-order valence-electron chi connectivity index (χ1n) is 8.02. The van der Waals surface area contributed by atoms with Gasteiger partial charge in [-0.1, -0.05) is 12.1 Å². The molecule has 0 radical (unpaired) electrons. The molecule has 1 aliphatic rings. The van der Waals surface area contributed by atoms with Gasteiger partial charge in [-0.25, -0.2) is 4.39 Å². The molecule has 2 heterocycles. The fourth-order valence-corrected chi connectivity index (χ4v) is 3.47. The van der Waals surface area contributed by atoms with E-state index in [-0.39, 0.29) is 11.7 Å². The number of likely N-dealkylation sites (tertiary alicyclic amines) is 1. The first-order chi connectivity index (χ1) is 11.5. The molecule has 5 nitrogen and oxygen atoms in total. The predicted molar refractivity (Wildman–Crippen MR) is 88.4 cm³/mol. The van der Waals surface area contributed by atoms with Crippen LogP contribution in [0.2, 0.25) is 0 Å². The molecule has 1 atom stereocenters. The summed E-state index contributed by atoms with van der Waals surface area (Å²) in [5.41, 5.74) is 0.652. The highest BCUT2D eigenvalue weighted by Gasteiger charge is 2.50. The highest BCUT2D eigenvalue weighted by Crippen LogP contribution is 2.40. The van der Waals surface area contributed by atoms with Gasteiger partial charge in [0.1, 0.15) is 11.4 Å². The second kappa shape index (κ2) is 6.65. The number of halogens is 1. The Hall–Kier alpha value is -2.34. The lowest BCUT2D eigenvalue weighted by atomic mass is 9.90. The van der Waals surface area contributed by atoms with Gasteiger partial charge in [-0.2, -0.15) is 0 Å². The van der Waals surface area contributed by atoms with Gasteiger partial charge >= 0.3 is 0 Å². The van der Waals surface area contributed by atoms with E-state index in [1.165, 1.54) is 12.1 Å². The maximum absolute atomic E-state index is 13.5. The van der Waals surface area contributed by atoms with Crippen molar-refractivity contribution in [1.82, 2.24) is 19.8 Å². The maximum atomic E-state index is 13.5. The van der Waals surface area contributed by atoms with E-state index in [1.54, 1.807) is 43.7 Å². The lowest BCUT2D eigenvalue weighted by Crippen LogP contribution is -2.52. The van der Waals surface area contributed by atoms with Crippen molar-refractivity contribution >= 4 is 5.91 Å². The average Bonchev–Trinajstić information content (AvgIpc) is 2.99. The molecule has 2 aromatic rings. The number of hydrogen-bond donors (Lipinski definition) is 0. The summed E-state index contributed by atoms with van der Waals surface area (Å²) < 4.78 is 13.5. The van der Waals surface area contributed by atoms with Crippen LogP contribution in [0, 0.1) is 5.82 Å². The average molecular weight is 328 g/mol. The third-order valence-electron chi connectivity index (χ3n) is 4.52. The van der Waals surface area contributed by atoms with E-state index in [4.69, 9.17) is 0 Å². The van der Waals surface area contributed by atoms with Crippen molar-refractivity contribution < 1.29 is 9.18 Å². The fourth-order valence-electron chi connectivity index (χ4n) is 3.47. The van der Waals surface area contributed by atoms with Gasteiger partial charge in [0, 0.05) is 33.0 Å². The predicted octanol–water partition coefficient (Wildman–Crippen LogP) is 2.20. The molecule has 0 N–H and O–H groups in total. The molecule has 1 aromatic heterocycles. The van der Waals surface area contributed by atoms with E-state index in [0.29, 0.717) is 18.7 Å². The second-order valence-corrected chi connectivity index (χ2v) is 6.31. The van der Waals surface area contributed by atoms with Crippen molar-refractivity contribution in [2.45, 2.75) is 24.9 Å². The van der Waals surface area contributed by atoms with Crippen LogP contribution in [0.25, 0.3) is 0 Å². The van der Waals surface area contributed by atoms with Crippen LogP contribution >= 0.6 is 0 Å². The maximum Gasteiger partial charge on any atom is 0.248 e. The van der Waals surface area contributed by atoms with Crippen molar-refractivity contribution in [3.05, 3.63) is 59.9 Å². The molecule has 0 saturated carbocycles. The molecular formula is C18H21FN4O. The first kappa shape index (κ1) is 16.5. The van der Waals surface area contributed by atoms with Crippen LogP contribution < -0.4 is 0 Å². The Bertz CT molecular complexity index is 722. The third-order valence-corrected chi connectivity index (χ3v) is 4.52. The van der Waals surface area contributed by atoms with E-state index in [1.807, 2.05) is 6.07 Å². The molecule has 3 rings (SSSR count). The SMILES string of the molecule is CN(C)C(=O)C1(c2cnccn2)CCCN1Cc1cccc(F)c1. The number of likely N-dealkylation sites (N-methyl/N-ethyl adjacent to an activating group) is 1. The lowest BCUT2D eigenvalue weighted by molar-refractivity contribution is -0.141. The van der Waals surface area contributed by atoms with Gasteiger partial charge < -0.3 is 4.90 Å². The minimum Gasteiger partial charge on any atom is -0.347 e. The van der Waals surface area contributed by atoms with Crippen molar-refractivity contribution in [2.75, 3.05) is 20.6 Å². The number of benzene rings is 1. The summed E-state index contributed by atoms with van der Waals surface area (Å²) in [4.78, 5) is 25.3. The van der Waals surface area contributed by atoms with Gasteiger partial charge in [-0.05, 0) is 37.1 Å². The zero-order chi connectivity index (χ0) is 17.2. The van der Waals surface area contributed by atoms with E-state index in [0.717, 1.165) is 18.5 Å². The van der Waals surface area contributed by atoms with Crippen LogP contribution in [0.5, 0.6) is 0 Å². The van der Waals surface area contributed by atoms with Crippen LogP contribution in [0.15, 0.2) is 42.9 Å². The molecule has 1 aromatic carbocycles. The van der Waals surface area contributed by atoms with Gasteiger partial charge in [0.05, 0.1) is 11.9 Å². The minimum atomic E-state index is -0.843. The van der Waals surface area contributed by atoms with E-state index in [2.05, 4.69) is 14.9 Å². The highest BCUT2D eigenvalue weighted by atomic mass is 19.1. The molecule has 0 bridgehead atoms. The van der Waals surface area contributed by atoms with Gasteiger partial charge in [0.2, 0.25) is 5.91 Å². The standard InChI is InChI=1S/C18H21FN4O/c1-22(2)17(24)18(16-12-20-8-9-21-16)7-4-10-23(18)13-14-5-3-6-15(19)11-14/h3,5-6,8-9,11-12H,4,7,10,13H2,1-2H3. The lowest BCUT2D eigenvalue weighted by Gasteiger charge is -2.38. The molecule has 24 heavy (non-hydrogen) atoms. The Morgan fingerprint density at radius 3 is 2.88 bits per heavy atom. The molecule has 0 spiro atoms. The molecule has 0 aliphatic carbocycles. The summed E-state index contributed by atoms with van der Waals surface area (Å²) in [6.45, 7) is 1.25. The topological polar surface area (TPSA) is 49.3 Å². The quantitative estimate of drug-likeness (QED) is 0.863. The Kier molecular flexibility index (Phi) is 4.57. The Balaban J connectivity index is 2.02. The van der Waals surface area contributed by atoms with Crippen LogP contribution in [-0.4, -0.2) is 46.3 Å². The Morgan fingerprint density at radius 2 is 2.21 bits per heavy atom. The summed E-state index contributed by atoms with van der Waals surface area (Å²) in [5, 5.41) is 0. The van der Waals surface area contributed by atoms with Crippen LogP contribution in [0.4, 0.5) is 4.39 Å². The van der Waals surface area contributed by atoms with Crippen LogP contribution in [0.1, 0.15) is 24.1 Å². The molecule has 1 amide bonds. The van der Waals surface area contributed by atoms with Crippen molar-refractivity contribution in [1.29, 1.82) is 0 Å². The van der Waals surface area contributed by atoms with Gasteiger partial charge in [-0.15, -0.1) is 0 Å². The zero-order valence-electron chi connectivity index (χ0n) is 13.9. The number of amides is 1. The normalized spacial score (nSPS) is 21.0. The smallest absolute Gasteiger partial charge is 0.248 e. The van der Waals surface area contributed by atoms with Crippen molar-refractivity contribution in [3.8, 4) is 0 Å². The number of carbonyl (C=O) groups is 1. The summed E-state index contributed by atoms with van der Waals surface area (Å²) in [7, 11) is 3.50. The third kappa shape index (κ3) is 2.89. The van der Waals surface area contributed by atoms with Crippen LogP contribution in [-0.2, 0) is 16.9 Å². The molecule has 1 aliphatic heterocycles. The largest absolute Gasteiger partial charge is 0.347 e. The van der Waals surface area contributed by atoms with Gasteiger partial charge in [0.25, 0.3) is 0 Å². The van der Waals surface area contributed by atoms with Gasteiger partial charge in [-0.3, -0.25) is 19.7 Å². The first-order valence-corrected chi connectivity index (χ1v) is 8.02. The van der Waals surface area contributed by atoms with Crippen LogP contribution in [0.3, 0.4) is 0 Å². The zero-order valence-corrected chi connectivity index (χ0v) is 13.9. The highest BCUT2D eigenvalue weighted by molar-refractivity contribution is 5.87. The van der Waals surface area contributed by atoms with Gasteiger partial charge in [0.15, 0.2) is 0 Å². The van der Waals surface area contributed by atoms with E-state index in [9.17, 15) is 9.18 Å². The van der Waals surface area contributed by atoms with E-state index >= 15 is 0 Å². The van der Waals surface area contributed by atoms with Crippen molar-refractivity contribution in [3.63, 3.8) is 0 Å². The van der Waals surface area contributed by atoms with Crippen molar-refractivity contribution in [2.24, 2.45) is 0 Å². The summed E-state index contributed by atoms with van der Waals surface area (Å²) in [5.74, 6) is -0.285. The fraction of sp³-hybridized carbons (Fsp3) is 0.389. The molecule has 1 fully saturated rings. The van der Waals surface area contributed by atoms with E-state index < -0.39 is 5.54 Å². The molecule has 1 saturated heterocycles.